The van der Waals surface area contributed by atoms with Crippen LogP contribution in [0.15, 0.2) is 48.5 Å². The Kier molecular flexibility index (Phi) is 4.86. The molecule has 3 rings (SSSR count). The van der Waals surface area contributed by atoms with Crippen molar-refractivity contribution in [3.05, 3.63) is 59.7 Å². The molecule has 24 heavy (non-hydrogen) atoms. The third kappa shape index (κ3) is 3.02. The Balaban J connectivity index is 1.79. The third-order valence-corrected chi connectivity index (χ3v) is 4.53. The van der Waals surface area contributed by atoms with Crippen LogP contribution in [0, 0.1) is 0 Å². The van der Waals surface area contributed by atoms with Crippen molar-refractivity contribution in [1.29, 1.82) is 0 Å². The van der Waals surface area contributed by atoms with Crippen LogP contribution in [0.2, 0.25) is 0 Å². The van der Waals surface area contributed by atoms with Crippen LogP contribution in [0.1, 0.15) is 30.9 Å². The molecule has 1 aliphatic carbocycles. The molecule has 0 radical (unpaired) electrons. The summed E-state index contributed by atoms with van der Waals surface area (Å²) in [5.41, 5.74) is 4.82. The molecule has 0 fully saturated rings. The van der Waals surface area contributed by atoms with Gasteiger partial charge < -0.3 is 14.7 Å². The van der Waals surface area contributed by atoms with Gasteiger partial charge >= 0.3 is 6.09 Å². The first-order valence-corrected chi connectivity index (χ1v) is 8.36. The number of aliphatic hydroxyl groups is 1. The van der Waals surface area contributed by atoms with Crippen molar-refractivity contribution >= 4 is 6.09 Å². The molecule has 0 heterocycles. The molecular formula is C20H23NO3. The Morgan fingerprint density at radius 2 is 1.62 bits per heavy atom. The van der Waals surface area contributed by atoms with Gasteiger partial charge in [0, 0.05) is 18.5 Å². The van der Waals surface area contributed by atoms with E-state index < -0.39 is 0 Å². The molecule has 0 bridgehead atoms. The van der Waals surface area contributed by atoms with Gasteiger partial charge in [-0.15, -0.1) is 0 Å². The molecule has 2 aromatic rings. The molecule has 1 aliphatic rings. The number of fused-ring (bicyclic) bond motifs is 3. The number of carbonyl (C=O) groups excluding carboxylic acids is 1. The van der Waals surface area contributed by atoms with E-state index in [1.165, 1.54) is 22.3 Å². The molecule has 1 N–H and O–H groups in total. The number of hydrogen-bond acceptors (Lipinski definition) is 3. The van der Waals surface area contributed by atoms with Crippen molar-refractivity contribution in [3.8, 4) is 11.1 Å². The minimum atomic E-state index is -0.374. The van der Waals surface area contributed by atoms with Gasteiger partial charge in [-0.1, -0.05) is 48.5 Å². The normalized spacial score (nSPS) is 12.8. The Hall–Kier alpha value is -2.33. The molecule has 0 unspecified atom stereocenters. The third-order valence-electron chi connectivity index (χ3n) is 4.53. The highest BCUT2D eigenvalue weighted by Crippen LogP contribution is 2.44. The fourth-order valence-corrected chi connectivity index (χ4v) is 3.34. The van der Waals surface area contributed by atoms with Gasteiger partial charge in [0.05, 0.1) is 6.61 Å². The molecule has 0 aliphatic heterocycles. The number of aliphatic hydroxyl groups excluding tert-OH is 1. The van der Waals surface area contributed by atoms with Gasteiger partial charge in [0.1, 0.15) is 6.61 Å². The molecule has 0 atom stereocenters. The highest BCUT2D eigenvalue weighted by Gasteiger charge is 2.29. The summed E-state index contributed by atoms with van der Waals surface area (Å²) < 4.78 is 5.59. The SMILES string of the molecule is CC(C)N(CCO)C(=O)OCC1c2ccccc2-c2ccccc21. The Morgan fingerprint density at radius 3 is 2.12 bits per heavy atom. The van der Waals surface area contributed by atoms with Crippen molar-refractivity contribution < 1.29 is 14.6 Å². The smallest absolute Gasteiger partial charge is 0.410 e. The number of benzene rings is 2. The fourth-order valence-electron chi connectivity index (χ4n) is 3.34. The minimum absolute atomic E-state index is 0.00667. The van der Waals surface area contributed by atoms with Crippen LogP contribution in [0.4, 0.5) is 4.79 Å². The second-order valence-electron chi connectivity index (χ2n) is 6.31. The number of rotatable bonds is 5. The maximum absolute atomic E-state index is 12.3. The summed E-state index contributed by atoms with van der Waals surface area (Å²) in [5, 5.41) is 9.13. The average molecular weight is 325 g/mol. The van der Waals surface area contributed by atoms with Gasteiger partial charge in [-0.25, -0.2) is 4.79 Å². The average Bonchev–Trinajstić information content (AvgIpc) is 2.91. The zero-order valence-corrected chi connectivity index (χ0v) is 14.1. The van der Waals surface area contributed by atoms with E-state index in [0.29, 0.717) is 6.61 Å². The first-order chi connectivity index (χ1) is 11.6. The van der Waals surface area contributed by atoms with E-state index >= 15 is 0 Å². The standard InChI is InChI=1S/C20H23NO3/c1-14(2)21(11-12-22)20(23)24-13-19-17-9-5-3-7-15(17)16-8-4-6-10-18(16)19/h3-10,14,19,22H,11-13H2,1-2H3. The lowest BCUT2D eigenvalue weighted by Gasteiger charge is -2.26. The minimum Gasteiger partial charge on any atom is -0.448 e. The van der Waals surface area contributed by atoms with E-state index in [1.807, 2.05) is 38.1 Å². The molecule has 2 aromatic carbocycles. The second kappa shape index (κ2) is 7.05. The van der Waals surface area contributed by atoms with Crippen LogP contribution in [-0.2, 0) is 4.74 Å². The molecule has 0 saturated carbocycles. The van der Waals surface area contributed by atoms with Crippen molar-refractivity contribution in [2.24, 2.45) is 0 Å². The number of ether oxygens (including phenoxy) is 1. The van der Waals surface area contributed by atoms with E-state index in [9.17, 15) is 4.79 Å². The van der Waals surface area contributed by atoms with Gasteiger partial charge in [0.2, 0.25) is 0 Å². The molecule has 0 spiro atoms. The van der Waals surface area contributed by atoms with Crippen molar-refractivity contribution in [2.45, 2.75) is 25.8 Å². The van der Waals surface area contributed by atoms with Crippen LogP contribution in [-0.4, -0.2) is 41.9 Å². The quantitative estimate of drug-likeness (QED) is 0.913. The number of nitrogens with zero attached hydrogens (tertiary/aromatic N) is 1. The van der Waals surface area contributed by atoms with E-state index in [2.05, 4.69) is 24.3 Å². The topological polar surface area (TPSA) is 49.8 Å². The summed E-state index contributed by atoms with van der Waals surface area (Å²) in [7, 11) is 0. The van der Waals surface area contributed by atoms with Crippen LogP contribution in [0.3, 0.4) is 0 Å². The summed E-state index contributed by atoms with van der Waals surface area (Å²) in [5.74, 6) is 0.0597. The van der Waals surface area contributed by atoms with Crippen molar-refractivity contribution in [2.75, 3.05) is 19.8 Å². The Bertz CT molecular complexity index is 681. The van der Waals surface area contributed by atoms with Crippen LogP contribution >= 0.6 is 0 Å². The van der Waals surface area contributed by atoms with Crippen molar-refractivity contribution in [3.63, 3.8) is 0 Å². The lowest BCUT2D eigenvalue weighted by molar-refractivity contribution is 0.0807. The number of carbonyl (C=O) groups is 1. The first-order valence-electron chi connectivity index (χ1n) is 8.36. The highest BCUT2D eigenvalue weighted by atomic mass is 16.6. The van der Waals surface area contributed by atoms with Crippen LogP contribution in [0.25, 0.3) is 11.1 Å². The highest BCUT2D eigenvalue weighted by molar-refractivity contribution is 5.79. The molecule has 4 heteroatoms. The summed E-state index contributed by atoms with van der Waals surface area (Å²) in [4.78, 5) is 13.9. The van der Waals surface area contributed by atoms with Gasteiger partial charge in [-0.05, 0) is 36.1 Å². The van der Waals surface area contributed by atoms with E-state index in [-0.39, 0.29) is 31.2 Å². The molecule has 0 aromatic heterocycles. The molecule has 1 amide bonds. The monoisotopic (exact) mass is 325 g/mol. The predicted octanol–water partition coefficient (Wildman–Crippen LogP) is 3.64. The molecular weight excluding hydrogens is 302 g/mol. The molecule has 4 nitrogen and oxygen atoms in total. The van der Waals surface area contributed by atoms with Gasteiger partial charge in [0.25, 0.3) is 0 Å². The maximum Gasteiger partial charge on any atom is 0.410 e. The lowest BCUT2D eigenvalue weighted by Crippen LogP contribution is -2.39. The molecule has 126 valence electrons. The maximum atomic E-state index is 12.3. The Labute approximate surface area is 142 Å². The summed E-state index contributed by atoms with van der Waals surface area (Å²) in [6.45, 7) is 4.35. The van der Waals surface area contributed by atoms with E-state index in [4.69, 9.17) is 9.84 Å². The van der Waals surface area contributed by atoms with Crippen molar-refractivity contribution in [1.82, 2.24) is 4.90 Å². The fraction of sp³-hybridized carbons (Fsp3) is 0.350. The van der Waals surface area contributed by atoms with E-state index in [0.717, 1.165) is 0 Å². The first kappa shape index (κ1) is 16.5. The second-order valence-corrected chi connectivity index (χ2v) is 6.31. The van der Waals surface area contributed by atoms with Crippen LogP contribution in [0.5, 0.6) is 0 Å². The molecule has 0 saturated heterocycles. The zero-order valence-electron chi connectivity index (χ0n) is 14.1. The predicted molar refractivity (Wildman–Crippen MR) is 94.0 cm³/mol. The zero-order chi connectivity index (χ0) is 17.1. The summed E-state index contributed by atoms with van der Waals surface area (Å²) >= 11 is 0. The van der Waals surface area contributed by atoms with E-state index in [1.54, 1.807) is 4.90 Å². The number of hydrogen-bond donors (Lipinski definition) is 1. The van der Waals surface area contributed by atoms with Gasteiger partial charge in [0.15, 0.2) is 0 Å². The van der Waals surface area contributed by atoms with Gasteiger partial charge in [-0.3, -0.25) is 0 Å². The van der Waals surface area contributed by atoms with Gasteiger partial charge in [-0.2, -0.15) is 0 Å². The Morgan fingerprint density at radius 1 is 1.08 bits per heavy atom. The summed E-state index contributed by atoms with van der Waals surface area (Å²) in [6.07, 6.45) is -0.374. The largest absolute Gasteiger partial charge is 0.448 e. The summed E-state index contributed by atoms with van der Waals surface area (Å²) in [6, 6.07) is 16.5. The number of amides is 1. The van der Waals surface area contributed by atoms with Crippen LogP contribution < -0.4 is 0 Å². The lowest BCUT2D eigenvalue weighted by atomic mass is 9.98.